The number of ether oxygens (including phenoxy) is 4. The van der Waals surface area contributed by atoms with Crippen LogP contribution in [-0.4, -0.2) is 38.7 Å². The molecule has 0 aromatic heterocycles. The Labute approximate surface area is 164 Å². The molecular formula is C22H24O6. The summed E-state index contributed by atoms with van der Waals surface area (Å²) in [5.74, 6) is 0.823. The summed E-state index contributed by atoms with van der Waals surface area (Å²) in [6, 6.07) is 10.5. The van der Waals surface area contributed by atoms with E-state index in [2.05, 4.69) is 13.8 Å². The van der Waals surface area contributed by atoms with Crippen LogP contribution in [0.2, 0.25) is 0 Å². The van der Waals surface area contributed by atoms with Crippen molar-refractivity contribution < 1.29 is 28.5 Å². The second kappa shape index (κ2) is 8.78. The maximum atomic E-state index is 12.4. The number of Topliss-reactive ketones (excluding diaryl/α,β-unsaturated/α-hetero) is 1. The molecule has 0 fully saturated rings. The van der Waals surface area contributed by atoms with Gasteiger partial charge in [0.2, 0.25) is 5.75 Å². The molecule has 0 saturated carbocycles. The van der Waals surface area contributed by atoms with Crippen LogP contribution in [0.3, 0.4) is 0 Å². The highest BCUT2D eigenvalue weighted by atomic mass is 16.6. The first kappa shape index (κ1) is 19.7. The van der Waals surface area contributed by atoms with E-state index in [0.29, 0.717) is 41.9 Å². The average molecular weight is 384 g/mol. The molecule has 1 heterocycles. The number of methoxy groups -OCH3 is 1. The first-order chi connectivity index (χ1) is 13.5. The van der Waals surface area contributed by atoms with Crippen LogP contribution < -0.4 is 14.2 Å². The maximum absolute atomic E-state index is 12.4. The predicted molar refractivity (Wildman–Crippen MR) is 104 cm³/mol. The fourth-order valence-corrected chi connectivity index (χ4v) is 2.92. The number of fused-ring (bicyclic) bond motifs is 1. The molecule has 0 bridgehead atoms. The largest absolute Gasteiger partial charge is 0.493 e. The van der Waals surface area contributed by atoms with Gasteiger partial charge in [0.15, 0.2) is 23.9 Å². The summed E-state index contributed by atoms with van der Waals surface area (Å²) in [5.41, 5.74) is 1.93. The lowest BCUT2D eigenvalue weighted by molar-refractivity contribution is 0.0473. The Morgan fingerprint density at radius 2 is 1.79 bits per heavy atom. The summed E-state index contributed by atoms with van der Waals surface area (Å²) in [6.07, 6.45) is 1.03. The molecule has 1 aliphatic heterocycles. The standard InChI is InChI=1S/C22H24O6/c1-4-14(2)15-5-7-16(8-6-15)18(23)13-28-22(24)17-11-19(25-3)21-20(12-17)26-9-10-27-21/h5-8,11-12,14H,4,9-10,13H2,1-3H3/t14-/m1/s1. The molecule has 2 aromatic carbocycles. The first-order valence-corrected chi connectivity index (χ1v) is 9.31. The lowest BCUT2D eigenvalue weighted by Gasteiger charge is -2.21. The second-order valence-electron chi connectivity index (χ2n) is 6.63. The highest BCUT2D eigenvalue weighted by Gasteiger charge is 2.22. The number of benzene rings is 2. The summed E-state index contributed by atoms with van der Waals surface area (Å²) < 4.78 is 21.5. The van der Waals surface area contributed by atoms with Gasteiger partial charge in [0.1, 0.15) is 13.2 Å². The van der Waals surface area contributed by atoms with Crippen molar-refractivity contribution in [2.45, 2.75) is 26.2 Å². The topological polar surface area (TPSA) is 71.1 Å². The van der Waals surface area contributed by atoms with Gasteiger partial charge < -0.3 is 18.9 Å². The minimum Gasteiger partial charge on any atom is -0.493 e. The molecule has 0 aliphatic carbocycles. The van der Waals surface area contributed by atoms with Gasteiger partial charge in [0.05, 0.1) is 12.7 Å². The van der Waals surface area contributed by atoms with Crippen LogP contribution in [0.25, 0.3) is 0 Å². The van der Waals surface area contributed by atoms with Crippen molar-refractivity contribution in [3.63, 3.8) is 0 Å². The minimum absolute atomic E-state index is 0.237. The molecule has 6 nitrogen and oxygen atoms in total. The summed E-state index contributed by atoms with van der Waals surface area (Å²) >= 11 is 0. The van der Waals surface area contributed by atoms with Crippen LogP contribution in [0.5, 0.6) is 17.2 Å². The van der Waals surface area contributed by atoms with Crippen LogP contribution in [-0.2, 0) is 4.74 Å². The van der Waals surface area contributed by atoms with Gasteiger partial charge in [0.25, 0.3) is 0 Å². The molecular weight excluding hydrogens is 360 g/mol. The number of rotatable bonds is 7. The number of hydrogen-bond acceptors (Lipinski definition) is 6. The molecule has 0 amide bonds. The molecule has 0 spiro atoms. The van der Waals surface area contributed by atoms with E-state index < -0.39 is 5.97 Å². The van der Waals surface area contributed by atoms with Crippen LogP contribution in [0.1, 0.15) is 52.5 Å². The monoisotopic (exact) mass is 384 g/mol. The zero-order valence-corrected chi connectivity index (χ0v) is 16.3. The minimum atomic E-state index is -0.625. The van der Waals surface area contributed by atoms with Gasteiger partial charge in [-0.25, -0.2) is 4.79 Å². The molecule has 1 aliphatic rings. The van der Waals surface area contributed by atoms with E-state index in [-0.39, 0.29) is 18.0 Å². The number of hydrogen-bond donors (Lipinski definition) is 0. The van der Waals surface area contributed by atoms with Gasteiger partial charge in [-0.15, -0.1) is 0 Å². The molecule has 0 radical (unpaired) electrons. The lowest BCUT2D eigenvalue weighted by atomic mass is 9.97. The van der Waals surface area contributed by atoms with Crippen molar-refractivity contribution in [2.75, 3.05) is 26.9 Å². The number of carbonyl (C=O) groups excluding carboxylic acids is 2. The van der Waals surface area contributed by atoms with Crippen molar-refractivity contribution in [3.8, 4) is 17.2 Å². The van der Waals surface area contributed by atoms with Crippen LogP contribution in [0, 0.1) is 0 Å². The van der Waals surface area contributed by atoms with E-state index in [0.717, 1.165) is 6.42 Å². The van der Waals surface area contributed by atoms with Gasteiger partial charge >= 0.3 is 5.97 Å². The second-order valence-corrected chi connectivity index (χ2v) is 6.63. The van der Waals surface area contributed by atoms with Crippen molar-refractivity contribution in [3.05, 3.63) is 53.1 Å². The molecule has 0 saturated heterocycles. The Kier molecular flexibility index (Phi) is 6.19. The van der Waals surface area contributed by atoms with E-state index in [1.807, 2.05) is 12.1 Å². The van der Waals surface area contributed by atoms with Gasteiger partial charge in [-0.3, -0.25) is 4.79 Å². The van der Waals surface area contributed by atoms with E-state index in [1.165, 1.54) is 24.8 Å². The molecule has 28 heavy (non-hydrogen) atoms. The normalized spacial score (nSPS) is 13.5. The average Bonchev–Trinajstić information content (AvgIpc) is 2.75. The molecule has 3 rings (SSSR count). The fourth-order valence-electron chi connectivity index (χ4n) is 2.92. The predicted octanol–water partition coefficient (Wildman–Crippen LogP) is 4.02. The van der Waals surface area contributed by atoms with Gasteiger partial charge in [-0.2, -0.15) is 0 Å². The highest BCUT2D eigenvalue weighted by molar-refractivity contribution is 5.99. The van der Waals surface area contributed by atoms with Crippen molar-refractivity contribution in [2.24, 2.45) is 0 Å². The maximum Gasteiger partial charge on any atom is 0.338 e. The molecule has 0 unspecified atom stereocenters. The highest BCUT2D eigenvalue weighted by Crippen LogP contribution is 2.40. The number of carbonyl (C=O) groups is 2. The summed E-state index contributed by atoms with van der Waals surface area (Å²) in [7, 11) is 1.48. The third kappa shape index (κ3) is 4.27. The van der Waals surface area contributed by atoms with E-state index in [4.69, 9.17) is 18.9 Å². The molecule has 0 N–H and O–H groups in total. The third-order valence-corrected chi connectivity index (χ3v) is 4.81. The van der Waals surface area contributed by atoms with Crippen molar-refractivity contribution >= 4 is 11.8 Å². The van der Waals surface area contributed by atoms with E-state index in [1.54, 1.807) is 12.1 Å². The Morgan fingerprint density at radius 1 is 1.07 bits per heavy atom. The SMILES string of the molecule is CC[C@@H](C)c1ccc(C(=O)COC(=O)c2cc(OC)c3c(c2)OCCO3)cc1. The van der Waals surface area contributed by atoms with Gasteiger partial charge in [-0.05, 0) is 30.0 Å². The molecule has 6 heteroatoms. The van der Waals surface area contributed by atoms with Crippen LogP contribution in [0.4, 0.5) is 0 Å². The van der Waals surface area contributed by atoms with Crippen molar-refractivity contribution in [1.29, 1.82) is 0 Å². The van der Waals surface area contributed by atoms with E-state index >= 15 is 0 Å². The molecule has 148 valence electrons. The fraction of sp³-hybridized carbons (Fsp3) is 0.364. The Balaban J connectivity index is 1.66. The Bertz CT molecular complexity index is 839. The Hall–Kier alpha value is -3.02. The summed E-state index contributed by atoms with van der Waals surface area (Å²) in [6.45, 7) is 4.73. The summed E-state index contributed by atoms with van der Waals surface area (Å²) in [4.78, 5) is 24.7. The quantitative estimate of drug-likeness (QED) is 0.530. The Morgan fingerprint density at radius 3 is 2.46 bits per heavy atom. The van der Waals surface area contributed by atoms with Crippen molar-refractivity contribution in [1.82, 2.24) is 0 Å². The molecule has 2 aromatic rings. The van der Waals surface area contributed by atoms with Gasteiger partial charge in [0, 0.05) is 5.56 Å². The first-order valence-electron chi connectivity index (χ1n) is 9.31. The van der Waals surface area contributed by atoms with E-state index in [9.17, 15) is 9.59 Å². The zero-order valence-electron chi connectivity index (χ0n) is 16.3. The number of ketones is 1. The smallest absolute Gasteiger partial charge is 0.338 e. The van der Waals surface area contributed by atoms with Gasteiger partial charge in [-0.1, -0.05) is 38.1 Å². The summed E-state index contributed by atoms with van der Waals surface area (Å²) in [5, 5.41) is 0. The molecule has 1 atom stereocenters. The van der Waals surface area contributed by atoms with Crippen LogP contribution in [0.15, 0.2) is 36.4 Å². The lowest BCUT2D eigenvalue weighted by Crippen LogP contribution is -2.18. The van der Waals surface area contributed by atoms with Crippen LogP contribution >= 0.6 is 0 Å². The zero-order chi connectivity index (χ0) is 20.1. The number of esters is 1. The third-order valence-electron chi connectivity index (χ3n) is 4.81.